The summed E-state index contributed by atoms with van der Waals surface area (Å²) in [5, 5.41) is 0. The quantitative estimate of drug-likeness (QED) is 0.271. The fourth-order valence-corrected chi connectivity index (χ4v) is 12.4. The van der Waals surface area contributed by atoms with E-state index < -0.39 is 16.9 Å². The van der Waals surface area contributed by atoms with Crippen molar-refractivity contribution in [3.8, 4) is 0 Å². The number of amides is 1. The monoisotopic (exact) mass is 447 g/mol. The highest BCUT2D eigenvalue weighted by Crippen LogP contribution is 2.42. The van der Waals surface area contributed by atoms with Crippen molar-refractivity contribution >= 4 is 23.0 Å². The molecule has 0 saturated heterocycles. The first-order chi connectivity index (χ1) is 13.4. The Balaban J connectivity index is 5.11. The van der Waals surface area contributed by atoms with Crippen LogP contribution in [0, 0.1) is 0 Å². The van der Waals surface area contributed by atoms with Gasteiger partial charge in [0.2, 0.25) is 0 Å². The Labute approximate surface area is 183 Å². The Morgan fingerprint density at radius 3 is 1.83 bits per heavy atom. The van der Waals surface area contributed by atoms with Crippen LogP contribution < -0.4 is 0 Å². The van der Waals surface area contributed by atoms with Crippen molar-refractivity contribution < 1.29 is 18.1 Å². The Morgan fingerprint density at radius 1 is 0.931 bits per heavy atom. The van der Waals surface area contributed by atoms with Crippen molar-refractivity contribution in [1.29, 1.82) is 0 Å². The molecular formula is C22H49NO4Si2. The molecule has 0 aromatic heterocycles. The molecule has 0 aliphatic carbocycles. The number of carbonyl (C=O) groups is 1. The van der Waals surface area contributed by atoms with Gasteiger partial charge in [-0.2, -0.15) is 0 Å². The normalized spacial score (nSPS) is 15.7. The van der Waals surface area contributed by atoms with Crippen molar-refractivity contribution in [1.82, 2.24) is 4.90 Å². The highest BCUT2D eigenvalue weighted by Gasteiger charge is 2.48. The van der Waals surface area contributed by atoms with Gasteiger partial charge < -0.3 is 18.2 Å². The fourth-order valence-electron chi connectivity index (χ4n) is 4.52. The Bertz CT molecular complexity index is 452. The minimum atomic E-state index is -2.22. The lowest BCUT2D eigenvalue weighted by Gasteiger charge is -2.42. The summed E-state index contributed by atoms with van der Waals surface area (Å²) in [5.41, 5.74) is 1.17. The average Bonchev–Trinajstić information content (AvgIpc) is 2.62. The molecule has 0 heterocycles. The van der Waals surface area contributed by atoms with E-state index in [0.717, 1.165) is 18.9 Å². The number of carbonyl (C=O) groups excluding carboxylic acids is 1. The van der Waals surface area contributed by atoms with E-state index in [9.17, 15) is 4.79 Å². The lowest BCUT2D eigenvalue weighted by molar-refractivity contribution is 0.124. The lowest BCUT2D eigenvalue weighted by atomic mass is 10.3. The zero-order valence-corrected chi connectivity index (χ0v) is 23.1. The summed E-state index contributed by atoms with van der Waals surface area (Å²) >= 11 is 0. The first-order valence-electron chi connectivity index (χ1n) is 11.7. The first-order valence-corrected chi connectivity index (χ1v) is 16.4. The molecule has 2 atom stereocenters. The Morgan fingerprint density at radius 2 is 1.45 bits per heavy atom. The number of hydrogen-bond acceptors (Lipinski definition) is 4. The van der Waals surface area contributed by atoms with E-state index in [4.69, 9.17) is 13.3 Å². The molecule has 29 heavy (non-hydrogen) atoms. The summed E-state index contributed by atoms with van der Waals surface area (Å²) < 4.78 is 18.7. The Hall–Kier alpha value is -0.376. The molecule has 7 heteroatoms. The van der Waals surface area contributed by atoms with Gasteiger partial charge in [0, 0.05) is 25.8 Å². The van der Waals surface area contributed by atoms with Gasteiger partial charge in [0.15, 0.2) is 0 Å². The molecule has 0 radical (unpaired) electrons. The zero-order chi connectivity index (χ0) is 22.8. The van der Waals surface area contributed by atoms with E-state index in [1.54, 1.807) is 0 Å². The van der Waals surface area contributed by atoms with Gasteiger partial charge in [-0.3, -0.25) is 0 Å². The summed E-state index contributed by atoms with van der Waals surface area (Å²) in [6.07, 6.45) is 1.93. The maximum Gasteiger partial charge on any atom is 0.396 e. The molecule has 0 aliphatic heterocycles. The van der Waals surface area contributed by atoms with Crippen molar-refractivity contribution in [3.05, 3.63) is 0 Å². The van der Waals surface area contributed by atoms with Crippen molar-refractivity contribution in [2.24, 2.45) is 0 Å². The molecule has 174 valence electrons. The summed E-state index contributed by atoms with van der Waals surface area (Å²) in [6.45, 7) is 25.7. The molecule has 0 rings (SSSR count). The van der Waals surface area contributed by atoms with E-state index >= 15 is 0 Å². The van der Waals surface area contributed by atoms with Gasteiger partial charge in [-0.05, 0) is 62.8 Å². The second-order valence-corrected chi connectivity index (χ2v) is 17.9. The third-order valence-electron chi connectivity index (χ3n) is 6.15. The highest BCUT2D eigenvalue weighted by atomic mass is 28.4. The van der Waals surface area contributed by atoms with Gasteiger partial charge in [-0.25, -0.2) is 4.79 Å². The van der Waals surface area contributed by atoms with Gasteiger partial charge in [-0.1, -0.05) is 48.5 Å². The van der Waals surface area contributed by atoms with Gasteiger partial charge in [0.05, 0.1) is 0 Å². The van der Waals surface area contributed by atoms with Crippen molar-refractivity contribution in [2.45, 2.75) is 117 Å². The molecule has 5 nitrogen and oxygen atoms in total. The molecule has 0 spiro atoms. The Kier molecular flexibility index (Phi) is 13.0. The molecule has 0 N–H and O–H groups in total. The molecule has 0 aliphatic rings. The van der Waals surface area contributed by atoms with Crippen LogP contribution in [0.4, 0.5) is 4.79 Å². The SMILES string of the molecule is CCO[Si](C)(CCCN(CC)C(=O)O[Si](C(C)C)(C(C)C)C(C)C)OC(C)CC. The molecule has 0 aromatic carbocycles. The van der Waals surface area contributed by atoms with Crippen LogP contribution in [0.3, 0.4) is 0 Å². The smallest absolute Gasteiger partial charge is 0.396 e. The van der Waals surface area contributed by atoms with E-state index in [1.165, 1.54) is 0 Å². The van der Waals surface area contributed by atoms with E-state index in [2.05, 4.69) is 61.9 Å². The molecule has 0 saturated carbocycles. The number of nitrogens with zero attached hydrogens (tertiary/aromatic N) is 1. The molecular weight excluding hydrogens is 398 g/mol. The van der Waals surface area contributed by atoms with Crippen LogP contribution in [0.1, 0.15) is 82.1 Å². The van der Waals surface area contributed by atoms with Crippen molar-refractivity contribution in [3.63, 3.8) is 0 Å². The molecule has 1 amide bonds. The van der Waals surface area contributed by atoms with Gasteiger partial charge in [0.25, 0.3) is 8.32 Å². The second-order valence-electron chi connectivity index (χ2n) is 9.27. The molecule has 0 bridgehead atoms. The largest absolute Gasteiger partial charge is 0.503 e. The maximum atomic E-state index is 13.1. The van der Waals surface area contributed by atoms with Crippen LogP contribution in [0.5, 0.6) is 0 Å². The predicted molar refractivity (Wildman–Crippen MR) is 128 cm³/mol. The van der Waals surface area contributed by atoms with Gasteiger partial charge >= 0.3 is 14.7 Å². The van der Waals surface area contributed by atoms with Crippen LogP contribution in [0.15, 0.2) is 0 Å². The minimum Gasteiger partial charge on any atom is -0.503 e. The summed E-state index contributed by atoms with van der Waals surface area (Å²) in [5.74, 6) is 0. The summed E-state index contributed by atoms with van der Waals surface area (Å²) in [6, 6.07) is 0.885. The third-order valence-corrected chi connectivity index (χ3v) is 15.1. The standard InChI is InChI=1S/C22H49NO4Si2/c1-12-21(10)26-28(11,25-14-3)17-15-16-23(13-2)22(24)27-29(18(4)5,19(6)7)20(8)9/h18-21H,12-17H2,1-11H3. The summed E-state index contributed by atoms with van der Waals surface area (Å²) in [7, 11) is -4.44. The van der Waals surface area contributed by atoms with Crippen LogP contribution >= 0.6 is 0 Å². The van der Waals surface area contributed by atoms with Crippen LogP contribution in [-0.2, 0) is 13.3 Å². The molecule has 0 aromatic rings. The molecule has 2 unspecified atom stereocenters. The molecule has 0 fully saturated rings. The first kappa shape index (κ1) is 28.6. The summed E-state index contributed by atoms with van der Waals surface area (Å²) in [4.78, 5) is 15.0. The minimum absolute atomic E-state index is 0.141. The van der Waals surface area contributed by atoms with Crippen LogP contribution in [-0.4, -0.2) is 53.7 Å². The van der Waals surface area contributed by atoms with E-state index in [-0.39, 0.29) is 12.2 Å². The van der Waals surface area contributed by atoms with Gasteiger partial charge in [0.1, 0.15) is 0 Å². The third kappa shape index (κ3) is 8.34. The lowest BCUT2D eigenvalue weighted by Crippen LogP contribution is -2.52. The van der Waals surface area contributed by atoms with Crippen LogP contribution in [0.25, 0.3) is 0 Å². The maximum absolute atomic E-state index is 13.1. The zero-order valence-electron chi connectivity index (χ0n) is 21.1. The van der Waals surface area contributed by atoms with Gasteiger partial charge in [-0.15, -0.1) is 0 Å². The van der Waals surface area contributed by atoms with Crippen molar-refractivity contribution in [2.75, 3.05) is 19.7 Å². The topological polar surface area (TPSA) is 48.0 Å². The number of hydrogen-bond donors (Lipinski definition) is 0. The van der Waals surface area contributed by atoms with E-state index in [0.29, 0.717) is 36.3 Å². The van der Waals surface area contributed by atoms with E-state index in [1.807, 2.05) is 18.7 Å². The highest BCUT2D eigenvalue weighted by molar-refractivity contribution is 6.78. The second kappa shape index (κ2) is 13.1. The predicted octanol–water partition coefficient (Wildman–Crippen LogP) is 6.93. The fraction of sp³-hybridized carbons (Fsp3) is 0.955. The number of rotatable bonds is 14. The van der Waals surface area contributed by atoms with Crippen LogP contribution in [0.2, 0.25) is 29.2 Å². The average molecular weight is 448 g/mol.